The van der Waals surface area contributed by atoms with Crippen LogP contribution in [0.5, 0.6) is 0 Å². The molecule has 0 unspecified atom stereocenters. The highest BCUT2D eigenvalue weighted by molar-refractivity contribution is 6.34. The van der Waals surface area contributed by atoms with Gasteiger partial charge in [0.15, 0.2) is 0 Å². The van der Waals surface area contributed by atoms with Crippen molar-refractivity contribution in [2.24, 2.45) is 0 Å². The number of hydrogen-bond acceptors (Lipinski definition) is 6. The van der Waals surface area contributed by atoms with Crippen LogP contribution in [0.25, 0.3) is 16.7 Å². The smallest absolute Gasteiger partial charge is 0.266 e. The number of benzene rings is 3. The van der Waals surface area contributed by atoms with E-state index in [1.165, 1.54) is 4.90 Å². The molecule has 0 aliphatic carbocycles. The van der Waals surface area contributed by atoms with E-state index in [4.69, 9.17) is 11.6 Å². The van der Waals surface area contributed by atoms with Crippen molar-refractivity contribution in [2.75, 3.05) is 16.8 Å². The van der Waals surface area contributed by atoms with E-state index in [-0.39, 0.29) is 11.8 Å². The molecule has 0 saturated heterocycles. The molecule has 2 amide bonds. The van der Waals surface area contributed by atoms with Gasteiger partial charge in [-0.2, -0.15) is 4.98 Å². The molecule has 8 nitrogen and oxygen atoms in total. The maximum Gasteiger partial charge on any atom is 0.266 e. The summed E-state index contributed by atoms with van der Waals surface area (Å²) in [7, 11) is 1.87. The number of fused-ring (bicyclic) bond motifs is 4. The lowest BCUT2D eigenvalue weighted by Gasteiger charge is -2.22. The van der Waals surface area contributed by atoms with Crippen LogP contribution in [0.4, 0.5) is 17.2 Å². The second-order valence-electron chi connectivity index (χ2n) is 7.67. The molecule has 1 aliphatic rings. The Balaban J connectivity index is 1.46. The third-order valence-electron chi connectivity index (χ3n) is 5.78. The summed E-state index contributed by atoms with van der Waals surface area (Å²) in [5, 5.41) is 9.49. The minimum atomic E-state index is -0.335. The number of carbonyl (C=O) groups excluding carboxylic acids is 2. The predicted molar refractivity (Wildman–Crippen MR) is 125 cm³/mol. The molecule has 2 aromatic heterocycles. The van der Waals surface area contributed by atoms with Crippen LogP contribution in [0.2, 0.25) is 5.02 Å². The van der Waals surface area contributed by atoms with E-state index in [1.54, 1.807) is 59.3 Å². The van der Waals surface area contributed by atoms with Crippen LogP contribution in [0.15, 0.2) is 73.1 Å². The van der Waals surface area contributed by atoms with Gasteiger partial charge in [-0.1, -0.05) is 29.8 Å². The Hall–Kier alpha value is -4.30. The molecule has 0 N–H and O–H groups in total. The van der Waals surface area contributed by atoms with Crippen LogP contribution in [-0.2, 0) is 0 Å². The van der Waals surface area contributed by atoms with Gasteiger partial charge in [0.05, 0.1) is 22.3 Å². The van der Waals surface area contributed by atoms with Crippen molar-refractivity contribution >= 4 is 57.3 Å². The van der Waals surface area contributed by atoms with Crippen LogP contribution < -0.4 is 9.80 Å². The lowest BCUT2D eigenvalue weighted by Crippen LogP contribution is -2.29. The molecule has 6 rings (SSSR count). The second-order valence-corrected chi connectivity index (χ2v) is 8.10. The van der Waals surface area contributed by atoms with E-state index in [9.17, 15) is 9.59 Å². The number of carbonyl (C=O) groups is 2. The van der Waals surface area contributed by atoms with Crippen molar-refractivity contribution in [3.63, 3.8) is 0 Å². The van der Waals surface area contributed by atoms with Gasteiger partial charge in [0.2, 0.25) is 0 Å². The molecule has 0 radical (unpaired) electrons. The van der Waals surface area contributed by atoms with E-state index >= 15 is 0 Å². The Morgan fingerprint density at radius 1 is 0.909 bits per heavy atom. The molecule has 0 atom stereocenters. The monoisotopic (exact) mass is 454 g/mol. The summed E-state index contributed by atoms with van der Waals surface area (Å²) in [6.45, 7) is 0. The molecule has 1 aliphatic heterocycles. The number of hydrogen-bond donors (Lipinski definition) is 0. The van der Waals surface area contributed by atoms with Crippen molar-refractivity contribution in [3.8, 4) is 0 Å². The van der Waals surface area contributed by atoms with Crippen molar-refractivity contribution in [3.05, 3.63) is 89.2 Å². The first-order valence-corrected chi connectivity index (χ1v) is 10.5. The molecule has 0 saturated carbocycles. The normalized spacial score (nSPS) is 13.2. The molecule has 0 spiro atoms. The standard InChI is InChI=1S/C24H15ClN6O2/c1-29(21-19-10-9-14(25)11-20(19)30-13-26-28-24(30)27-21)15-5-4-6-16(12-15)31-22(32)17-7-2-3-8-18(17)23(31)33/h2-13H,1H3. The molecule has 160 valence electrons. The van der Waals surface area contributed by atoms with Gasteiger partial charge in [-0.05, 0) is 48.5 Å². The zero-order valence-corrected chi connectivity index (χ0v) is 18.1. The zero-order valence-electron chi connectivity index (χ0n) is 17.3. The first-order valence-electron chi connectivity index (χ1n) is 10.1. The number of amides is 2. The van der Waals surface area contributed by atoms with E-state index in [0.717, 1.165) is 16.6 Å². The highest BCUT2D eigenvalue weighted by atomic mass is 35.5. The van der Waals surface area contributed by atoms with Gasteiger partial charge >= 0.3 is 0 Å². The van der Waals surface area contributed by atoms with Gasteiger partial charge in [0, 0.05) is 23.1 Å². The summed E-state index contributed by atoms with van der Waals surface area (Å²) in [4.78, 5) is 33.6. The molecular weight excluding hydrogens is 440 g/mol. The number of nitrogens with zero attached hydrogens (tertiary/aromatic N) is 6. The van der Waals surface area contributed by atoms with Crippen molar-refractivity contribution in [2.45, 2.75) is 0 Å². The Bertz CT molecular complexity index is 1580. The Labute approximate surface area is 192 Å². The van der Waals surface area contributed by atoms with Crippen LogP contribution in [0.3, 0.4) is 0 Å². The SMILES string of the molecule is CN(c1cccc(N2C(=O)c3ccccc3C2=O)c1)c1nc2nncn2c2cc(Cl)ccc12. The van der Waals surface area contributed by atoms with Gasteiger partial charge in [0.1, 0.15) is 12.1 Å². The fourth-order valence-electron chi connectivity index (χ4n) is 4.17. The average Bonchev–Trinajstić information content (AvgIpc) is 3.41. The van der Waals surface area contributed by atoms with E-state index in [2.05, 4.69) is 15.2 Å². The summed E-state index contributed by atoms with van der Waals surface area (Å²) in [5.41, 5.74) is 2.86. The van der Waals surface area contributed by atoms with Crippen LogP contribution in [-0.4, -0.2) is 38.4 Å². The van der Waals surface area contributed by atoms with Gasteiger partial charge in [-0.25, -0.2) is 4.90 Å². The number of imide groups is 1. The number of anilines is 3. The van der Waals surface area contributed by atoms with E-state index in [1.807, 2.05) is 30.1 Å². The van der Waals surface area contributed by atoms with Gasteiger partial charge in [-0.3, -0.25) is 14.0 Å². The largest absolute Gasteiger partial charge is 0.329 e. The summed E-state index contributed by atoms with van der Waals surface area (Å²) < 4.78 is 1.77. The summed E-state index contributed by atoms with van der Waals surface area (Å²) in [5.74, 6) is 0.404. The second kappa shape index (κ2) is 7.11. The fourth-order valence-corrected chi connectivity index (χ4v) is 4.33. The van der Waals surface area contributed by atoms with Crippen LogP contribution >= 0.6 is 11.6 Å². The first kappa shape index (κ1) is 19.4. The number of aromatic nitrogens is 4. The molecule has 33 heavy (non-hydrogen) atoms. The minimum Gasteiger partial charge on any atom is -0.329 e. The first-order chi connectivity index (χ1) is 16.0. The maximum absolute atomic E-state index is 12.9. The van der Waals surface area contributed by atoms with Gasteiger partial charge < -0.3 is 4.90 Å². The molecule has 5 aromatic rings. The summed E-state index contributed by atoms with van der Waals surface area (Å²) in [6.07, 6.45) is 1.59. The fraction of sp³-hybridized carbons (Fsp3) is 0.0417. The number of rotatable bonds is 3. The molecule has 3 aromatic carbocycles. The highest BCUT2D eigenvalue weighted by Gasteiger charge is 2.36. The minimum absolute atomic E-state index is 0.335. The quantitative estimate of drug-likeness (QED) is 0.373. The Kier molecular flexibility index (Phi) is 4.18. The van der Waals surface area contributed by atoms with Crippen LogP contribution in [0, 0.1) is 0 Å². The molecule has 0 fully saturated rings. The summed E-state index contributed by atoms with van der Waals surface area (Å²) in [6, 6.07) is 19.6. The van der Waals surface area contributed by atoms with Crippen molar-refractivity contribution in [1.29, 1.82) is 0 Å². The van der Waals surface area contributed by atoms with Gasteiger partial charge in [0.25, 0.3) is 17.6 Å². The lowest BCUT2D eigenvalue weighted by atomic mass is 10.1. The van der Waals surface area contributed by atoms with Gasteiger partial charge in [-0.15, -0.1) is 10.2 Å². The molecule has 9 heteroatoms. The average molecular weight is 455 g/mol. The Morgan fingerprint density at radius 2 is 1.67 bits per heavy atom. The van der Waals surface area contributed by atoms with Crippen LogP contribution in [0.1, 0.15) is 20.7 Å². The zero-order chi connectivity index (χ0) is 22.7. The van der Waals surface area contributed by atoms with E-state index in [0.29, 0.717) is 33.4 Å². The maximum atomic E-state index is 12.9. The molecular formula is C24H15ClN6O2. The van der Waals surface area contributed by atoms with E-state index < -0.39 is 0 Å². The molecule has 3 heterocycles. The van der Waals surface area contributed by atoms with Crippen molar-refractivity contribution < 1.29 is 9.59 Å². The third-order valence-corrected chi connectivity index (χ3v) is 6.02. The van der Waals surface area contributed by atoms with Crippen molar-refractivity contribution in [1.82, 2.24) is 19.6 Å². The molecule has 0 bridgehead atoms. The topological polar surface area (TPSA) is 83.7 Å². The Morgan fingerprint density at radius 3 is 2.42 bits per heavy atom. The number of halogens is 1. The third kappa shape index (κ3) is 2.88. The lowest BCUT2D eigenvalue weighted by molar-refractivity contribution is 0.0926. The predicted octanol–water partition coefficient (Wildman–Crippen LogP) is 4.50. The highest BCUT2D eigenvalue weighted by Crippen LogP contribution is 2.35. The summed E-state index contributed by atoms with van der Waals surface area (Å²) >= 11 is 6.24.